The molecule has 0 unspecified atom stereocenters. The number of nitrogens with one attached hydrogen (secondary N) is 2. The highest BCUT2D eigenvalue weighted by molar-refractivity contribution is 7.14. The van der Waals surface area contributed by atoms with Gasteiger partial charge in [0.2, 0.25) is 11.8 Å². The molecule has 134 valence electrons. The van der Waals surface area contributed by atoms with Crippen LogP contribution in [0, 0.1) is 11.8 Å². The summed E-state index contributed by atoms with van der Waals surface area (Å²) >= 11 is 1.13. The Morgan fingerprint density at radius 1 is 1.25 bits per heavy atom. The van der Waals surface area contributed by atoms with Crippen molar-refractivity contribution in [2.45, 2.75) is 47.1 Å². The Kier molecular flexibility index (Phi) is 7.84. The molecular weight excluding hydrogens is 330 g/mol. The molecule has 0 fully saturated rings. The van der Waals surface area contributed by atoms with Gasteiger partial charge in [-0.25, -0.2) is 9.78 Å². The Labute approximate surface area is 146 Å². The Bertz CT molecular complexity index is 584. The molecule has 0 radical (unpaired) electrons. The van der Waals surface area contributed by atoms with E-state index in [-0.39, 0.29) is 36.0 Å². The van der Waals surface area contributed by atoms with Crippen LogP contribution in [-0.2, 0) is 14.3 Å². The molecule has 0 saturated heterocycles. The largest absolute Gasteiger partial charge is 0.461 e. The van der Waals surface area contributed by atoms with Crippen LogP contribution < -0.4 is 10.6 Å². The monoisotopic (exact) mass is 355 g/mol. The highest BCUT2D eigenvalue weighted by Gasteiger charge is 2.25. The van der Waals surface area contributed by atoms with E-state index in [1.54, 1.807) is 6.92 Å². The van der Waals surface area contributed by atoms with Crippen molar-refractivity contribution in [1.82, 2.24) is 10.3 Å². The van der Waals surface area contributed by atoms with E-state index in [0.29, 0.717) is 11.6 Å². The lowest BCUT2D eigenvalue weighted by atomic mass is 10.0. The lowest BCUT2D eigenvalue weighted by Crippen LogP contribution is -2.47. The van der Waals surface area contributed by atoms with Gasteiger partial charge in [0, 0.05) is 11.8 Å². The number of hydrogen-bond acceptors (Lipinski definition) is 6. The highest BCUT2D eigenvalue weighted by atomic mass is 32.1. The van der Waals surface area contributed by atoms with Crippen LogP contribution in [0.3, 0.4) is 0 Å². The van der Waals surface area contributed by atoms with Crippen LogP contribution in [0.1, 0.15) is 51.5 Å². The standard InChI is InChI=1S/C16H25N3O4S/c1-6-23-15(22)11-8-24-16(17-11)19-14(21)13(10(4)5)18-12(20)7-9(2)3/h8-10,13H,6-7H2,1-5H3,(H,18,20)(H,17,19,21)/t13-/m0/s1. The maximum absolute atomic E-state index is 12.4. The summed E-state index contributed by atoms with van der Waals surface area (Å²) in [4.78, 5) is 40.0. The average molecular weight is 355 g/mol. The average Bonchev–Trinajstić information content (AvgIpc) is 2.92. The molecule has 0 spiro atoms. The number of carbonyl (C=O) groups is 3. The molecule has 1 heterocycles. The minimum absolute atomic E-state index is 0.0781. The maximum Gasteiger partial charge on any atom is 0.357 e. The summed E-state index contributed by atoms with van der Waals surface area (Å²) < 4.78 is 4.86. The molecule has 1 atom stereocenters. The van der Waals surface area contributed by atoms with Gasteiger partial charge in [0.25, 0.3) is 0 Å². The van der Waals surface area contributed by atoms with Crippen LogP contribution in [0.2, 0.25) is 0 Å². The van der Waals surface area contributed by atoms with Crippen LogP contribution in [0.4, 0.5) is 5.13 Å². The fraction of sp³-hybridized carbons (Fsp3) is 0.625. The first-order chi connectivity index (χ1) is 11.2. The number of hydrogen-bond donors (Lipinski definition) is 2. The highest BCUT2D eigenvalue weighted by Crippen LogP contribution is 2.17. The van der Waals surface area contributed by atoms with Gasteiger partial charge in [0.15, 0.2) is 10.8 Å². The second kappa shape index (κ2) is 9.36. The zero-order chi connectivity index (χ0) is 18.3. The van der Waals surface area contributed by atoms with Gasteiger partial charge < -0.3 is 15.4 Å². The Morgan fingerprint density at radius 3 is 2.46 bits per heavy atom. The molecule has 1 aromatic heterocycles. The van der Waals surface area contributed by atoms with Gasteiger partial charge in [-0.3, -0.25) is 9.59 Å². The number of rotatable bonds is 8. The second-order valence-electron chi connectivity index (χ2n) is 6.13. The zero-order valence-electron chi connectivity index (χ0n) is 14.7. The third-order valence-electron chi connectivity index (χ3n) is 3.08. The number of amides is 2. The maximum atomic E-state index is 12.4. The number of ether oxygens (including phenoxy) is 1. The molecule has 7 nitrogen and oxygen atoms in total. The molecule has 0 aromatic carbocycles. The van der Waals surface area contributed by atoms with Crippen LogP contribution >= 0.6 is 11.3 Å². The van der Waals surface area contributed by atoms with Crippen LogP contribution in [0.15, 0.2) is 5.38 Å². The van der Waals surface area contributed by atoms with Crippen LogP contribution in [0.25, 0.3) is 0 Å². The van der Waals surface area contributed by atoms with Gasteiger partial charge in [-0.1, -0.05) is 27.7 Å². The number of carbonyl (C=O) groups excluding carboxylic acids is 3. The molecule has 1 rings (SSSR count). The second-order valence-corrected chi connectivity index (χ2v) is 6.99. The topological polar surface area (TPSA) is 97.4 Å². The molecule has 8 heteroatoms. The first-order valence-corrected chi connectivity index (χ1v) is 8.85. The third kappa shape index (κ3) is 6.27. The molecule has 2 amide bonds. The summed E-state index contributed by atoms with van der Waals surface area (Å²) in [6, 6.07) is -0.661. The summed E-state index contributed by atoms with van der Waals surface area (Å²) in [6.45, 7) is 9.56. The van der Waals surface area contributed by atoms with Gasteiger partial charge in [-0.15, -0.1) is 11.3 Å². The summed E-state index contributed by atoms with van der Waals surface area (Å²) in [5.41, 5.74) is 0.155. The van der Waals surface area contributed by atoms with Gasteiger partial charge in [0.1, 0.15) is 6.04 Å². The minimum atomic E-state index is -0.661. The SMILES string of the molecule is CCOC(=O)c1csc(NC(=O)[C@@H](NC(=O)CC(C)C)C(C)C)n1. The molecule has 0 saturated carbocycles. The van der Waals surface area contributed by atoms with E-state index in [1.807, 2.05) is 27.7 Å². The van der Waals surface area contributed by atoms with Crippen molar-refractivity contribution in [3.8, 4) is 0 Å². The van der Waals surface area contributed by atoms with Crippen molar-refractivity contribution in [2.24, 2.45) is 11.8 Å². The fourth-order valence-electron chi connectivity index (χ4n) is 1.95. The van der Waals surface area contributed by atoms with Crippen LogP contribution in [-0.4, -0.2) is 35.4 Å². The summed E-state index contributed by atoms with van der Waals surface area (Å²) in [5.74, 6) is -0.908. The smallest absolute Gasteiger partial charge is 0.357 e. The van der Waals surface area contributed by atoms with Gasteiger partial charge in [0.05, 0.1) is 6.61 Å². The molecule has 0 aliphatic carbocycles. The number of anilines is 1. The molecular formula is C16H25N3O4S. The summed E-state index contributed by atoms with van der Waals surface area (Å²) in [7, 11) is 0. The van der Waals surface area contributed by atoms with Crippen molar-refractivity contribution >= 4 is 34.3 Å². The van der Waals surface area contributed by atoms with Crippen molar-refractivity contribution in [1.29, 1.82) is 0 Å². The van der Waals surface area contributed by atoms with E-state index in [0.717, 1.165) is 11.3 Å². The normalized spacial score (nSPS) is 12.1. The van der Waals surface area contributed by atoms with E-state index in [1.165, 1.54) is 5.38 Å². The quantitative estimate of drug-likeness (QED) is 0.698. The van der Waals surface area contributed by atoms with Crippen molar-refractivity contribution in [3.05, 3.63) is 11.1 Å². The Balaban J connectivity index is 2.72. The zero-order valence-corrected chi connectivity index (χ0v) is 15.5. The number of esters is 1. The number of thiazole rings is 1. The van der Waals surface area contributed by atoms with Crippen molar-refractivity contribution < 1.29 is 19.1 Å². The molecule has 0 aliphatic rings. The minimum Gasteiger partial charge on any atom is -0.461 e. The predicted molar refractivity (Wildman–Crippen MR) is 92.9 cm³/mol. The first kappa shape index (κ1) is 20.1. The Morgan fingerprint density at radius 2 is 1.92 bits per heavy atom. The van der Waals surface area contributed by atoms with Gasteiger partial charge in [-0.2, -0.15) is 0 Å². The predicted octanol–water partition coefficient (Wildman–Crippen LogP) is 2.45. The molecule has 2 N–H and O–H groups in total. The molecule has 0 aliphatic heterocycles. The summed E-state index contributed by atoms with van der Waals surface area (Å²) in [5, 5.41) is 7.22. The van der Waals surface area contributed by atoms with Gasteiger partial charge in [-0.05, 0) is 18.8 Å². The van der Waals surface area contributed by atoms with E-state index in [2.05, 4.69) is 15.6 Å². The number of nitrogens with zero attached hydrogens (tertiary/aromatic N) is 1. The lowest BCUT2D eigenvalue weighted by Gasteiger charge is -2.21. The summed E-state index contributed by atoms with van der Waals surface area (Å²) in [6.07, 6.45) is 0.362. The van der Waals surface area contributed by atoms with E-state index >= 15 is 0 Å². The number of aromatic nitrogens is 1. The molecule has 1 aromatic rings. The fourth-order valence-corrected chi connectivity index (χ4v) is 2.63. The van der Waals surface area contributed by atoms with E-state index in [4.69, 9.17) is 4.74 Å². The lowest BCUT2D eigenvalue weighted by molar-refractivity contribution is -0.127. The van der Waals surface area contributed by atoms with E-state index < -0.39 is 12.0 Å². The van der Waals surface area contributed by atoms with Crippen molar-refractivity contribution in [2.75, 3.05) is 11.9 Å². The van der Waals surface area contributed by atoms with Crippen LogP contribution in [0.5, 0.6) is 0 Å². The first-order valence-electron chi connectivity index (χ1n) is 7.97. The van der Waals surface area contributed by atoms with Crippen molar-refractivity contribution in [3.63, 3.8) is 0 Å². The Hall–Kier alpha value is -1.96. The third-order valence-corrected chi connectivity index (χ3v) is 3.84. The van der Waals surface area contributed by atoms with Gasteiger partial charge >= 0.3 is 5.97 Å². The molecule has 24 heavy (non-hydrogen) atoms. The van der Waals surface area contributed by atoms with E-state index in [9.17, 15) is 14.4 Å². The molecule has 0 bridgehead atoms.